The first kappa shape index (κ1) is 22.1. The average Bonchev–Trinajstić information content (AvgIpc) is 2.68. The molecule has 1 amide bonds. The van der Waals surface area contributed by atoms with Gasteiger partial charge in [-0.3, -0.25) is 4.79 Å². The molecular weight excluding hydrogens is 423 g/mol. The number of benzene rings is 2. The number of morpholine rings is 1. The molecule has 7 nitrogen and oxygen atoms in total. The number of ether oxygens (including phenoxy) is 1. The molecule has 0 atom stereocenters. The highest BCUT2D eigenvalue weighted by molar-refractivity contribution is 7.89. The monoisotopic (exact) mass is 443 g/mol. The van der Waals surface area contributed by atoms with Gasteiger partial charge in [0, 0.05) is 24.5 Å². The third-order valence-corrected chi connectivity index (χ3v) is 5.60. The number of aryl methyl sites for hydroxylation is 1. The van der Waals surface area contributed by atoms with Gasteiger partial charge in [0.2, 0.25) is 10.0 Å². The first-order valence-corrected chi connectivity index (χ1v) is 10.5. The number of sulfonamides is 1. The van der Waals surface area contributed by atoms with Gasteiger partial charge < -0.3 is 15.0 Å². The van der Waals surface area contributed by atoms with Gasteiger partial charge in [0.15, 0.2) is 0 Å². The molecule has 0 aliphatic carbocycles. The van der Waals surface area contributed by atoms with Crippen LogP contribution in [0.1, 0.15) is 21.5 Å². The van der Waals surface area contributed by atoms with Gasteiger partial charge in [-0.15, -0.1) is 0 Å². The van der Waals surface area contributed by atoms with Crippen LogP contribution in [0.4, 0.5) is 24.5 Å². The fourth-order valence-electron chi connectivity index (χ4n) is 3.16. The van der Waals surface area contributed by atoms with Crippen LogP contribution in [0.3, 0.4) is 0 Å². The van der Waals surface area contributed by atoms with Crippen LogP contribution in [0.2, 0.25) is 0 Å². The lowest BCUT2D eigenvalue weighted by molar-refractivity contribution is -0.138. The van der Waals surface area contributed by atoms with E-state index < -0.39 is 27.7 Å². The highest BCUT2D eigenvalue weighted by atomic mass is 32.2. The van der Waals surface area contributed by atoms with Gasteiger partial charge in [-0.2, -0.15) is 13.2 Å². The van der Waals surface area contributed by atoms with E-state index >= 15 is 0 Å². The maximum atomic E-state index is 13.2. The molecule has 0 saturated carbocycles. The van der Waals surface area contributed by atoms with Crippen LogP contribution >= 0.6 is 0 Å². The Hall–Kier alpha value is -2.63. The Morgan fingerprint density at radius 1 is 1.13 bits per heavy atom. The molecule has 30 heavy (non-hydrogen) atoms. The molecule has 0 spiro atoms. The third-order valence-electron chi connectivity index (χ3n) is 4.69. The van der Waals surface area contributed by atoms with Crippen molar-refractivity contribution in [3.8, 4) is 0 Å². The van der Waals surface area contributed by atoms with Crippen LogP contribution in [0, 0.1) is 6.92 Å². The van der Waals surface area contributed by atoms with E-state index in [2.05, 4.69) is 5.32 Å². The van der Waals surface area contributed by atoms with E-state index in [0.717, 1.165) is 12.1 Å². The zero-order valence-corrected chi connectivity index (χ0v) is 16.8. The van der Waals surface area contributed by atoms with Gasteiger partial charge in [0.1, 0.15) is 0 Å². The zero-order valence-electron chi connectivity index (χ0n) is 16.0. The summed E-state index contributed by atoms with van der Waals surface area (Å²) in [5.74, 6) is -0.751. The lowest BCUT2D eigenvalue weighted by Gasteiger charge is -2.30. The molecule has 2 aromatic carbocycles. The van der Waals surface area contributed by atoms with Crippen molar-refractivity contribution in [3.05, 3.63) is 53.1 Å². The highest BCUT2D eigenvalue weighted by Gasteiger charge is 2.32. The second-order valence-electron chi connectivity index (χ2n) is 6.80. The van der Waals surface area contributed by atoms with Crippen molar-refractivity contribution in [3.63, 3.8) is 0 Å². The van der Waals surface area contributed by atoms with Crippen molar-refractivity contribution in [1.82, 2.24) is 0 Å². The largest absolute Gasteiger partial charge is 0.416 e. The molecule has 0 aromatic heterocycles. The number of carbonyl (C=O) groups is 1. The minimum absolute atomic E-state index is 0.0161. The molecule has 1 heterocycles. The average molecular weight is 443 g/mol. The number of nitrogens with two attached hydrogens (primary N) is 1. The smallest absolute Gasteiger partial charge is 0.378 e. The number of carbonyl (C=O) groups excluding carboxylic acids is 1. The molecule has 1 fully saturated rings. The number of halogens is 3. The zero-order chi connectivity index (χ0) is 22.1. The molecule has 1 saturated heterocycles. The molecule has 162 valence electrons. The fourth-order valence-corrected chi connectivity index (χ4v) is 3.70. The number of hydrogen-bond donors (Lipinski definition) is 2. The second kappa shape index (κ2) is 8.25. The molecule has 3 rings (SSSR count). The van der Waals surface area contributed by atoms with Crippen LogP contribution in [-0.4, -0.2) is 40.6 Å². The van der Waals surface area contributed by atoms with Gasteiger partial charge in [-0.25, -0.2) is 13.6 Å². The molecule has 0 radical (unpaired) electrons. The number of hydrogen-bond acceptors (Lipinski definition) is 5. The van der Waals surface area contributed by atoms with Crippen LogP contribution < -0.4 is 15.4 Å². The molecule has 0 unspecified atom stereocenters. The van der Waals surface area contributed by atoms with Gasteiger partial charge >= 0.3 is 6.18 Å². The maximum absolute atomic E-state index is 13.2. The van der Waals surface area contributed by atoms with Crippen LogP contribution in [0.15, 0.2) is 41.3 Å². The lowest BCUT2D eigenvalue weighted by atomic mass is 10.1. The Kier molecular flexibility index (Phi) is 6.06. The Labute approximate surface area is 171 Å². The Balaban J connectivity index is 1.99. The van der Waals surface area contributed by atoms with Gasteiger partial charge in [0.05, 0.1) is 29.2 Å². The van der Waals surface area contributed by atoms with E-state index in [9.17, 15) is 26.4 Å². The van der Waals surface area contributed by atoms with Crippen molar-refractivity contribution in [2.45, 2.75) is 18.0 Å². The number of primary sulfonamides is 1. The summed E-state index contributed by atoms with van der Waals surface area (Å²) in [6.07, 6.45) is -4.57. The minimum Gasteiger partial charge on any atom is -0.378 e. The summed E-state index contributed by atoms with van der Waals surface area (Å²) in [4.78, 5) is 14.5. The molecule has 2 aromatic rings. The van der Waals surface area contributed by atoms with E-state index in [4.69, 9.17) is 9.88 Å². The van der Waals surface area contributed by atoms with Crippen LogP contribution in [-0.2, 0) is 20.9 Å². The number of nitrogens with one attached hydrogen (secondary N) is 1. The normalized spacial score (nSPS) is 15.2. The first-order chi connectivity index (χ1) is 14.0. The fraction of sp³-hybridized carbons (Fsp3) is 0.316. The molecule has 0 bridgehead atoms. The third kappa shape index (κ3) is 4.91. The topological polar surface area (TPSA) is 102 Å². The van der Waals surface area contributed by atoms with E-state index in [1.807, 2.05) is 4.90 Å². The number of alkyl halides is 3. The summed E-state index contributed by atoms with van der Waals surface area (Å²) in [7, 11) is -4.08. The van der Waals surface area contributed by atoms with E-state index in [1.165, 1.54) is 31.2 Å². The van der Waals surface area contributed by atoms with Gasteiger partial charge in [-0.05, 0) is 42.8 Å². The summed E-state index contributed by atoms with van der Waals surface area (Å²) in [6, 6.07) is 7.29. The molecule has 1 aliphatic heterocycles. The van der Waals surface area contributed by atoms with E-state index in [1.54, 1.807) is 0 Å². The van der Waals surface area contributed by atoms with Gasteiger partial charge in [0.25, 0.3) is 5.91 Å². The second-order valence-corrected chi connectivity index (χ2v) is 8.37. The Morgan fingerprint density at radius 2 is 1.80 bits per heavy atom. The summed E-state index contributed by atoms with van der Waals surface area (Å²) in [5.41, 5.74) is -0.492. The van der Waals surface area contributed by atoms with E-state index in [0.29, 0.717) is 32.0 Å². The quantitative estimate of drug-likeness (QED) is 0.757. The maximum Gasteiger partial charge on any atom is 0.416 e. The molecule has 3 N–H and O–H groups in total. The molecule has 11 heteroatoms. The lowest BCUT2D eigenvalue weighted by Crippen LogP contribution is -2.37. The number of anilines is 2. The number of nitrogens with zero attached hydrogens (tertiary/aromatic N) is 1. The molecule has 1 aliphatic rings. The van der Waals surface area contributed by atoms with Crippen molar-refractivity contribution in [2.24, 2.45) is 5.14 Å². The molecular formula is C19H20F3N3O4S. The Bertz CT molecular complexity index is 1070. The van der Waals surface area contributed by atoms with Crippen LogP contribution in [0.25, 0.3) is 0 Å². The predicted octanol–water partition coefficient (Wildman–Crippen LogP) is 2.75. The summed E-state index contributed by atoms with van der Waals surface area (Å²) in [5, 5.41) is 7.60. The predicted molar refractivity (Wildman–Crippen MR) is 105 cm³/mol. The minimum atomic E-state index is -4.57. The van der Waals surface area contributed by atoms with Crippen molar-refractivity contribution in [2.75, 3.05) is 36.5 Å². The standard InChI is InChI=1S/C19H20F3N3O4S/c1-12-2-3-13(10-16(12)19(20,21)22)24-18(26)15-11-14(30(23,27)28)4-5-17(15)25-6-8-29-9-7-25/h2-5,10-11H,6-9H2,1H3,(H,24,26)(H2,23,27,28). The summed E-state index contributed by atoms with van der Waals surface area (Å²) in [6.45, 7) is 3.10. The van der Waals surface area contributed by atoms with Crippen LogP contribution in [0.5, 0.6) is 0 Å². The highest BCUT2D eigenvalue weighted by Crippen LogP contribution is 2.34. The number of rotatable bonds is 4. The van der Waals surface area contributed by atoms with Crippen molar-refractivity contribution < 1.29 is 31.1 Å². The number of amides is 1. The van der Waals surface area contributed by atoms with Gasteiger partial charge in [-0.1, -0.05) is 6.07 Å². The van der Waals surface area contributed by atoms with E-state index in [-0.39, 0.29) is 21.7 Å². The summed E-state index contributed by atoms with van der Waals surface area (Å²) >= 11 is 0. The van der Waals surface area contributed by atoms with Crippen molar-refractivity contribution >= 4 is 27.3 Å². The van der Waals surface area contributed by atoms with Crippen molar-refractivity contribution in [1.29, 1.82) is 0 Å². The first-order valence-electron chi connectivity index (χ1n) is 8.95. The summed E-state index contributed by atoms with van der Waals surface area (Å²) < 4.78 is 68.3. The Morgan fingerprint density at radius 3 is 2.40 bits per heavy atom. The SMILES string of the molecule is Cc1ccc(NC(=O)c2cc(S(N)(=O)=O)ccc2N2CCOCC2)cc1C(F)(F)F.